The van der Waals surface area contributed by atoms with Crippen LogP contribution >= 0.6 is 0 Å². The molecule has 1 aromatic heterocycles. The number of rotatable bonds is 3. The van der Waals surface area contributed by atoms with E-state index in [4.69, 9.17) is 16.0 Å². The molecule has 0 saturated heterocycles. The van der Waals surface area contributed by atoms with Gasteiger partial charge in [-0.3, -0.25) is 4.79 Å². The first-order valence-electron chi connectivity index (χ1n) is 6.81. The summed E-state index contributed by atoms with van der Waals surface area (Å²) in [4.78, 5) is 12.4. The number of hydrogen-bond donors (Lipinski definition) is 2. The molecule has 5 nitrogen and oxygen atoms in total. The Kier molecular flexibility index (Phi) is 3.62. The number of nitrogens with two attached hydrogens (primary N) is 2. The van der Waals surface area contributed by atoms with Crippen LogP contribution in [-0.2, 0) is 6.42 Å². The second-order valence-corrected chi connectivity index (χ2v) is 4.97. The number of hydrogen-bond acceptors (Lipinski definition) is 4. The molecule has 5 heteroatoms. The van der Waals surface area contributed by atoms with E-state index < -0.39 is 0 Å². The second kappa shape index (κ2) is 5.73. The molecule has 0 amide bonds. The molecule has 0 fully saturated rings. The van der Waals surface area contributed by atoms with E-state index in [9.17, 15) is 4.79 Å². The lowest BCUT2D eigenvalue weighted by molar-refractivity contribution is 0.594. The molecule has 0 aliphatic heterocycles. The predicted octanol–water partition coefficient (Wildman–Crippen LogP) is 1.96. The zero-order valence-electron chi connectivity index (χ0n) is 11.8. The van der Waals surface area contributed by atoms with Crippen molar-refractivity contribution < 1.29 is 4.42 Å². The molecule has 0 bridgehead atoms. The standard InChI is InChI=1S/C17H15N3O2/c18-17(20-19)12-7-5-11(6-8-12)9-13-10-22-15-4-2-1-3-14(15)16(13)21/h1-8,10H,9,19H2,(H2,18,20). The Morgan fingerprint density at radius 1 is 1.09 bits per heavy atom. The Labute approximate surface area is 126 Å². The summed E-state index contributed by atoms with van der Waals surface area (Å²) in [7, 11) is 0. The van der Waals surface area contributed by atoms with E-state index >= 15 is 0 Å². The van der Waals surface area contributed by atoms with Gasteiger partial charge in [-0.05, 0) is 17.7 Å². The molecule has 1 heterocycles. The summed E-state index contributed by atoms with van der Waals surface area (Å²) in [5, 5.41) is 4.04. The summed E-state index contributed by atoms with van der Waals surface area (Å²) in [6.07, 6.45) is 2.02. The van der Waals surface area contributed by atoms with Crippen LogP contribution in [-0.4, -0.2) is 5.84 Å². The minimum atomic E-state index is -0.00559. The maximum atomic E-state index is 12.4. The van der Waals surface area contributed by atoms with Gasteiger partial charge in [0.2, 0.25) is 0 Å². The van der Waals surface area contributed by atoms with E-state index in [0.29, 0.717) is 23.0 Å². The van der Waals surface area contributed by atoms with Crippen LogP contribution in [0.3, 0.4) is 0 Å². The van der Waals surface area contributed by atoms with Gasteiger partial charge in [0, 0.05) is 17.5 Å². The fraction of sp³-hybridized carbons (Fsp3) is 0.0588. The van der Waals surface area contributed by atoms with Crippen LogP contribution in [0.25, 0.3) is 11.0 Å². The van der Waals surface area contributed by atoms with Crippen LogP contribution in [0, 0.1) is 0 Å². The van der Waals surface area contributed by atoms with E-state index in [0.717, 1.165) is 11.1 Å². The Balaban J connectivity index is 1.93. The summed E-state index contributed by atoms with van der Waals surface area (Å²) in [5.41, 5.74) is 8.58. The second-order valence-electron chi connectivity index (χ2n) is 4.97. The van der Waals surface area contributed by atoms with Crippen molar-refractivity contribution in [3.8, 4) is 0 Å². The van der Waals surface area contributed by atoms with Gasteiger partial charge >= 0.3 is 0 Å². The van der Waals surface area contributed by atoms with Gasteiger partial charge in [0.1, 0.15) is 11.4 Å². The van der Waals surface area contributed by atoms with E-state index in [1.165, 1.54) is 6.26 Å². The Hall–Kier alpha value is -3.08. The lowest BCUT2D eigenvalue weighted by Crippen LogP contribution is -2.15. The van der Waals surface area contributed by atoms with Gasteiger partial charge in [-0.25, -0.2) is 0 Å². The van der Waals surface area contributed by atoms with Gasteiger partial charge in [-0.15, -0.1) is 0 Å². The molecule has 0 aliphatic carbocycles. The monoisotopic (exact) mass is 293 g/mol. The number of nitrogens with zero attached hydrogens (tertiary/aromatic N) is 1. The van der Waals surface area contributed by atoms with E-state index in [2.05, 4.69) is 5.10 Å². The third kappa shape index (κ3) is 2.56. The van der Waals surface area contributed by atoms with Crippen molar-refractivity contribution in [2.24, 2.45) is 16.7 Å². The summed E-state index contributed by atoms with van der Waals surface area (Å²) in [6.45, 7) is 0. The summed E-state index contributed by atoms with van der Waals surface area (Å²) < 4.78 is 5.52. The first-order chi connectivity index (χ1) is 10.7. The molecule has 0 aliphatic rings. The average Bonchev–Trinajstić information content (AvgIpc) is 2.57. The van der Waals surface area contributed by atoms with E-state index in [1.54, 1.807) is 12.1 Å². The fourth-order valence-electron chi connectivity index (χ4n) is 2.33. The van der Waals surface area contributed by atoms with Crippen molar-refractivity contribution in [3.63, 3.8) is 0 Å². The summed E-state index contributed by atoms with van der Waals surface area (Å²) >= 11 is 0. The van der Waals surface area contributed by atoms with Gasteiger partial charge in [-0.1, -0.05) is 36.4 Å². The molecule has 0 unspecified atom stereocenters. The Morgan fingerprint density at radius 2 is 1.82 bits per heavy atom. The van der Waals surface area contributed by atoms with Crippen LogP contribution in [0.2, 0.25) is 0 Å². The lowest BCUT2D eigenvalue weighted by Gasteiger charge is -2.04. The van der Waals surface area contributed by atoms with Gasteiger partial charge in [0.05, 0.1) is 11.6 Å². The van der Waals surface area contributed by atoms with E-state index in [1.807, 2.05) is 36.4 Å². The molecular formula is C17H15N3O2. The molecule has 3 rings (SSSR count). The van der Waals surface area contributed by atoms with Crippen LogP contribution in [0.4, 0.5) is 0 Å². The molecule has 0 atom stereocenters. The molecule has 0 spiro atoms. The Morgan fingerprint density at radius 3 is 2.55 bits per heavy atom. The predicted molar refractivity (Wildman–Crippen MR) is 86.6 cm³/mol. The normalized spacial score (nSPS) is 11.7. The largest absolute Gasteiger partial charge is 0.464 e. The number of hydrazone groups is 1. The Bertz CT molecular complexity index is 896. The van der Waals surface area contributed by atoms with Crippen LogP contribution in [0.1, 0.15) is 16.7 Å². The molecule has 22 heavy (non-hydrogen) atoms. The maximum absolute atomic E-state index is 12.4. The average molecular weight is 293 g/mol. The molecule has 110 valence electrons. The SMILES string of the molecule is N/N=C(\N)c1ccc(Cc2coc3ccccc3c2=O)cc1. The topological polar surface area (TPSA) is 94.6 Å². The van der Waals surface area contributed by atoms with Crippen molar-refractivity contribution in [1.29, 1.82) is 0 Å². The van der Waals surface area contributed by atoms with Crippen molar-refractivity contribution in [1.82, 2.24) is 0 Å². The van der Waals surface area contributed by atoms with Gasteiger partial charge in [0.15, 0.2) is 5.43 Å². The first kappa shape index (κ1) is 13.9. The number of para-hydroxylation sites is 1. The van der Waals surface area contributed by atoms with Crippen molar-refractivity contribution in [2.45, 2.75) is 6.42 Å². The maximum Gasteiger partial charge on any atom is 0.196 e. The van der Waals surface area contributed by atoms with Gasteiger partial charge in [0.25, 0.3) is 0 Å². The molecule has 3 aromatic rings. The number of fused-ring (bicyclic) bond motifs is 1. The minimum Gasteiger partial charge on any atom is -0.464 e. The van der Waals surface area contributed by atoms with E-state index in [-0.39, 0.29) is 11.3 Å². The van der Waals surface area contributed by atoms with Crippen molar-refractivity contribution in [2.75, 3.05) is 0 Å². The third-order valence-corrected chi connectivity index (χ3v) is 3.53. The van der Waals surface area contributed by atoms with Crippen LogP contribution < -0.4 is 17.0 Å². The van der Waals surface area contributed by atoms with Crippen LogP contribution in [0.5, 0.6) is 0 Å². The van der Waals surface area contributed by atoms with Gasteiger partial charge < -0.3 is 16.0 Å². The fourth-order valence-corrected chi connectivity index (χ4v) is 2.33. The highest BCUT2D eigenvalue weighted by Crippen LogP contribution is 2.13. The zero-order chi connectivity index (χ0) is 15.5. The molecule has 2 aromatic carbocycles. The lowest BCUT2D eigenvalue weighted by atomic mass is 10.0. The van der Waals surface area contributed by atoms with Crippen molar-refractivity contribution >= 4 is 16.8 Å². The summed E-state index contributed by atoms with van der Waals surface area (Å²) in [6, 6.07) is 14.6. The first-order valence-corrected chi connectivity index (χ1v) is 6.81. The van der Waals surface area contributed by atoms with Gasteiger partial charge in [-0.2, -0.15) is 5.10 Å². The molecule has 0 saturated carbocycles. The zero-order valence-corrected chi connectivity index (χ0v) is 11.8. The highest BCUT2D eigenvalue weighted by atomic mass is 16.3. The third-order valence-electron chi connectivity index (χ3n) is 3.53. The quantitative estimate of drug-likeness (QED) is 0.334. The number of amidine groups is 1. The number of benzene rings is 2. The van der Waals surface area contributed by atoms with Crippen molar-refractivity contribution in [3.05, 3.63) is 81.7 Å². The molecular weight excluding hydrogens is 278 g/mol. The highest BCUT2D eigenvalue weighted by Gasteiger charge is 2.07. The minimum absolute atomic E-state index is 0.00559. The molecule has 0 radical (unpaired) electrons. The van der Waals surface area contributed by atoms with Crippen LogP contribution in [0.15, 0.2) is 69.1 Å². The smallest absolute Gasteiger partial charge is 0.196 e. The summed E-state index contributed by atoms with van der Waals surface area (Å²) in [5.74, 6) is 5.42. The molecule has 4 N–H and O–H groups in total. The highest BCUT2D eigenvalue weighted by molar-refractivity contribution is 5.97.